The molecular weight excluding hydrogens is 150 g/mol. The molecule has 2 rings (SSSR count). The van der Waals surface area contributed by atoms with Gasteiger partial charge in [0, 0.05) is 26.0 Å². The maximum Gasteiger partial charge on any atom is 0.202 e. The largest absolute Gasteiger partial charge is 0.359 e. The zero-order valence-electron chi connectivity index (χ0n) is 7.45. The predicted molar refractivity (Wildman–Crippen MR) is 49.1 cm³/mol. The molecule has 1 saturated carbocycles. The quantitative estimate of drug-likeness (QED) is 0.736. The fourth-order valence-electron chi connectivity index (χ4n) is 1.45. The van der Waals surface area contributed by atoms with Gasteiger partial charge in [-0.1, -0.05) is 12.8 Å². The number of rotatable bonds is 4. The molecule has 0 atom stereocenters. The van der Waals surface area contributed by atoms with Crippen LogP contribution in [0.15, 0.2) is 12.4 Å². The highest BCUT2D eigenvalue weighted by Crippen LogP contribution is 2.32. The minimum Gasteiger partial charge on any atom is -0.359 e. The van der Waals surface area contributed by atoms with Crippen LogP contribution in [0.3, 0.4) is 0 Å². The second-order valence-electron chi connectivity index (χ2n) is 3.43. The molecule has 0 spiro atoms. The molecule has 1 heterocycles. The fourth-order valence-corrected chi connectivity index (χ4v) is 1.45. The molecule has 0 saturated heterocycles. The highest BCUT2D eigenvalue weighted by Gasteiger charge is 2.20. The highest BCUT2D eigenvalue weighted by atomic mass is 15.2. The SMILES string of the molecule is CNc1nccn1CCC1CC1. The van der Waals surface area contributed by atoms with Crippen LogP contribution >= 0.6 is 0 Å². The Balaban J connectivity index is 1.91. The van der Waals surface area contributed by atoms with Gasteiger partial charge in [0.1, 0.15) is 0 Å². The lowest BCUT2D eigenvalue weighted by Crippen LogP contribution is -2.03. The summed E-state index contributed by atoms with van der Waals surface area (Å²) in [6, 6.07) is 0. The Morgan fingerprint density at radius 2 is 2.50 bits per heavy atom. The third-order valence-corrected chi connectivity index (χ3v) is 2.41. The molecule has 0 aromatic carbocycles. The van der Waals surface area contributed by atoms with E-state index in [2.05, 4.69) is 14.9 Å². The summed E-state index contributed by atoms with van der Waals surface area (Å²) >= 11 is 0. The summed E-state index contributed by atoms with van der Waals surface area (Å²) in [5, 5.41) is 3.07. The first-order valence-electron chi connectivity index (χ1n) is 4.59. The summed E-state index contributed by atoms with van der Waals surface area (Å²) in [4.78, 5) is 4.18. The molecule has 0 radical (unpaired) electrons. The monoisotopic (exact) mass is 165 g/mol. The molecule has 3 nitrogen and oxygen atoms in total. The Hall–Kier alpha value is -0.990. The Bertz CT molecular complexity index is 250. The number of anilines is 1. The third kappa shape index (κ3) is 1.60. The van der Waals surface area contributed by atoms with Crippen LogP contribution in [0.25, 0.3) is 0 Å². The second kappa shape index (κ2) is 3.17. The van der Waals surface area contributed by atoms with Crippen molar-refractivity contribution in [3.05, 3.63) is 12.4 Å². The molecule has 1 aliphatic rings. The van der Waals surface area contributed by atoms with Gasteiger partial charge in [0.05, 0.1) is 0 Å². The molecule has 0 amide bonds. The lowest BCUT2D eigenvalue weighted by molar-refractivity contribution is 0.601. The molecule has 1 fully saturated rings. The van der Waals surface area contributed by atoms with Gasteiger partial charge in [0.25, 0.3) is 0 Å². The zero-order chi connectivity index (χ0) is 8.39. The first-order chi connectivity index (χ1) is 5.90. The van der Waals surface area contributed by atoms with E-state index >= 15 is 0 Å². The molecule has 3 heteroatoms. The van der Waals surface area contributed by atoms with Crippen molar-refractivity contribution in [3.63, 3.8) is 0 Å². The van der Waals surface area contributed by atoms with Gasteiger partial charge in [-0.05, 0) is 12.3 Å². The van der Waals surface area contributed by atoms with Crippen LogP contribution < -0.4 is 5.32 Å². The van der Waals surface area contributed by atoms with E-state index in [1.807, 2.05) is 19.4 Å². The summed E-state index contributed by atoms with van der Waals surface area (Å²) in [6.07, 6.45) is 8.06. The maximum absolute atomic E-state index is 4.18. The average molecular weight is 165 g/mol. The summed E-state index contributed by atoms with van der Waals surface area (Å²) in [7, 11) is 1.91. The van der Waals surface area contributed by atoms with E-state index in [-0.39, 0.29) is 0 Å². The number of aromatic nitrogens is 2. The van der Waals surface area contributed by atoms with Crippen LogP contribution in [0.1, 0.15) is 19.3 Å². The first-order valence-corrected chi connectivity index (χ1v) is 4.59. The molecular formula is C9H15N3. The van der Waals surface area contributed by atoms with Crippen molar-refractivity contribution < 1.29 is 0 Å². The lowest BCUT2D eigenvalue weighted by Gasteiger charge is -2.05. The Kier molecular flexibility index (Phi) is 2.02. The number of hydrogen-bond donors (Lipinski definition) is 1. The van der Waals surface area contributed by atoms with Crippen LogP contribution in [-0.4, -0.2) is 16.6 Å². The minimum absolute atomic E-state index is 0.982. The van der Waals surface area contributed by atoms with E-state index in [4.69, 9.17) is 0 Å². The van der Waals surface area contributed by atoms with Crippen LogP contribution in [0.4, 0.5) is 5.95 Å². The Labute approximate surface area is 72.8 Å². The van der Waals surface area contributed by atoms with Crippen molar-refractivity contribution >= 4 is 5.95 Å². The van der Waals surface area contributed by atoms with Crippen molar-refractivity contribution in [3.8, 4) is 0 Å². The van der Waals surface area contributed by atoms with Crippen molar-refractivity contribution in [1.82, 2.24) is 9.55 Å². The molecule has 1 aromatic rings. The van der Waals surface area contributed by atoms with Crippen molar-refractivity contribution in [2.24, 2.45) is 5.92 Å². The fraction of sp³-hybridized carbons (Fsp3) is 0.667. The number of nitrogens with zero attached hydrogens (tertiary/aromatic N) is 2. The normalized spacial score (nSPS) is 16.4. The number of aryl methyl sites for hydroxylation is 1. The minimum atomic E-state index is 0.982. The summed E-state index contributed by atoms with van der Waals surface area (Å²) in [6.45, 7) is 1.11. The highest BCUT2D eigenvalue weighted by molar-refractivity contribution is 5.23. The van der Waals surface area contributed by atoms with Gasteiger partial charge < -0.3 is 9.88 Å². The first kappa shape index (κ1) is 7.65. The van der Waals surface area contributed by atoms with Gasteiger partial charge in [-0.15, -0.1) is 0 Å². The predicted octanol–water partition coefficient (Wildman–Crippen LogP) is 1.72. The Morgan fingerprint density at radius 3 is 3.17 bits per heavy atom. The second-order valence-corrected chi connectivity index (χ2v) is 3.43. The van der Waals surface area contributed by atoms with E-state index in [1.165, 1.54) is 19.3 Å². The lowest BCUT2D eigenvalue weighted by atomic mass is 10.3. The average Bonchev–Trinajstić information content (AvgIpc) is 2.81. The van der Waals surface area contributed by atoms with Crippen LogP contribution in [0.2, 0.25) is 0 Å². The number of nitrogens with one attached hydrogen (secondary N) is 1. The van der Waals surface area contributed by atoms with E-state index in [0.717, 1.165) is 18.4 Å². The van der Waals surface area contributed by atoms with Crippen LogP contribution in [0, 0.1) is 5.92 Å². The summed E-state index contributed by atoms with van der Waals surface area (Å²) in [5.74, 6) is 1.98. The van der Waals surface area contributed by atoms with Crippen molar-refractivity contribution in [2.45, 2.75) is 25.8 Å². The van der Waals surface area contributed by atoms with E-state index < -0.39 is 0 Å². The van der Waals surface area contributed by atoms with E-state index in [1.54, 1.807) is 0 Å². The van der Waals surface area contributed by atoms with Crippen LogP contribution in [-0.2, 0) is 6.54 Å². The van der Waals surface area contributed by atoms with E-state index in [0.29, 0.717) is 0 Å². The number of imidazole rings is 1. The molecule has 66 valence electrons. The molecule has 1 aromatic heterocycles. The molecule has 1 N–H and O–H groups in total. The smallest absolute Gasteiger partial charge is 0.202 e. The number of hydrogen-bond acceptors (Lipinski definition) is 2. The standard InChI is InChI=1S/C9H15N3/c1-10-9-11-5-7-12(9)6-4-8-2-3-8/h5,7-8H,2-4,6H2,1H3,(H,10,11). The third-order valence-electron chi connectivity index (χ3n) is 2.41. The summed E-state index contributed by atoms with van der Waals surface area (Å²) in [5.41, 5.74) is 0. The molecule has 0 unspecified atom stereocenters. The van der Waals surface area contributed by atoms with Gasteiger partial charge in [0.2, 0.25) is 5.95 Å². The van der Waals surface area contributed by atoms with Gasteiger partial charge >= 0.3 is 0 Å². The van der Waals surface area contributed by atoms with Gasteiger partial charge in [0.15, 0.2) is 0 Å². The molecule has 12 heavy (non-hydrogen) atoms. The van der Waals surface area contributed by atoms with Crippen molar-refractivity contribution in [1.29, 1.82) is 0 Å². The van der Waals surface area contributed by atoms with Gasteiger partial charge in [-0.2, -0.15) is 0 Å². The molecule has 0 bridgehead atoms. The zero-order valence-corrected chi connectivity index (χ0v) is 7.45. The van der Waals surface area contributed by atoms with Gasteiger partial charge in [-0.3, -0.25) is 0 Å². The van der Waals surface area contributed by atoms with Crippen LogP contribution in [0.5, 0.6) is 0 Å². The maximum atomic E-state index is 4.18. The van der Waals surface area contributed by atoms with Crippen molar-refractivity contribution in [2.75, 3.05) is 12.4 Å². The topological polar surface area (TPSA) is 29.9 Å². The summed E-state index contributed by atoms with van der Waals surface area (Å²) < 4.78 is 2.18. The van der Waals surface area contributed by atoms with E-state index in [9.17, 15) is 0 Å². The van der Waals surface area contributed by atoms with Gasteiger partial charge in [-0.25, -0.2) is 4.98 Å². The molecule has 1 aliphatic carbocycles. The molecule has 0 aliphatic heterocycles. The Morgan fingerprint density at radius 1 is 1.67 bits per heavy atom.